The molecule has 0 spiro atoms. The van der Waals surface area contributed by atoms with Gasteiger partial charge in [0.15, 0.2) is 5.96 Å². The second-order valence-electron chi connectivity index (χ2n) is 7.36. The molecule has 0 amide bonds. The monoisotopic (exact) mass is 382 g/mol. The van der Waals surface area contributed by atoms with E-state index in [1.165, 1.54) is 22.0 Å². The van der Waals surface area contributed by atoms with E-state index in [9.17, 15) is 5.11 Å². The first-order valence-corrected chi connectivity index (χ1v) is 9.70. The second-order valence-corrected chi connectivity index (χ2v) is 7.36. The molecule has 7 nitrogen and oxygen atoms in total. The highest BCUT2D eigenvalue weighted by Gasteiger charge is 2.24. The highest BCUT2D eigenvalue weighted by molar-refractivity contribution is 5.86. The summed E-state index contributed by atoms with van der Waals surface area (Å²) in [5.41, 5.74) is 3.42. The molecule has 3 aromatic rings. The van der Waals surface area contributed by atoms with Gasteiger partial charge in [0.2, 0.25) is 0 Å². The van der Waals surface area contributed by atoms with Gasteiger partial charge >= 0.3 is 0 Å². The number of guanidine groups is 1. The van der Waals surface area contributed by atoms with E-state index in [1.54, 1.807) is 17.8 Å². The van der Waals surface area contributed by atoms with E-state index >= 15 is 0 Å². The van der Waals surface area contributed by atoms with Crippen molar-refractivity contribution < 1.29 is 5.11 Å². The molecular weight excluding hydrogens is 352 g/mol. The van der Waals surface area contributed by atoms with Gasteiger partial charge < -0.3 is 20.7 Å². The molecule has 0 aliphatic rings. The average Bonchev–Trinajstić information content (AvgIpc) is 3.28. The Kier molecular flexibility index (Phi) is 6.04. The molecule has 0 saturated carbocycles. The molecule has 4 N–H and O–H groups in total. The molecule has 0 bridgehead atoms. The van der Waals surface area contributed by atoms with Crippen LogP contribution in [0.2, 0.25) is 0 Å². The van der Waals surface area contributed by atoms with Gasteiger partial charge in [-0.05, 0) is 38.3 Å². The molecule has 0 radical (unpaired) electrons. The van der Waals surface area contributed by atoms with Crippen molar-refractivity contribution in [2.24, 2.45) is 12.0 Å². The van der Waals surface area contributed by atoms with Crippen LogP contribution < -0.4 is 10.6 Å². The lowest BCUT2D eigenvalue weighted by molar-refractivity contribution is 0.0672. The van der Waals surface area contributed by atoms with Gasteiger partial charge in [0.25, 0.3) is 0 Å². The largest absolute Gasteiger partial charge is 0.383 e. The van der Waals surface area contributed by atoms with E-state index in [0.29, 0.717) is 5.96 Å². The first kappa shape index (κ1) is 19.9. The minimum absolute atomic E-state index is 0.250. The molecule has 2 aromatic heterocycles. The standard InChI is InChI=1S/C21H30N6O/c1-5-22-20(25-14-21(3,28)17-12-26-27(4)13-17)23-10-9-16-11-24-19-15(2)7-6-8-18(16)19/h6-8,11-13,24,28H,5,9-10,14H2,1-4H3,(H2,22,23,25). The minimum atomic E-state index is -1.06. The molecule has 1 aromatic carbocycles. The Balaban J connectivity index is 1.62. The zero-order valence-electron chi connectivity index (χ0n) is 17.1. The third kappa shape index (κ3) is 4.54. The summed E-state index contributed by atoms with van der Waals surface area (Å²) in [6.45, 7) is 7.66. The van der Waals surface area contributed by atoms with Crippen LogP contribution in [-0.2, 0) is 19.1 Å². The van der Waals surface area contributed by atoms with Gasteiger partial charge in [-0.1, -0.05) is 18.2 Å². The van der Waals surface area contributed by atoms with Crippen LogP contribution in [0, 0.1) is 6.92 Å². The lowest BCUT2D eigenvalue weighted by atomic mass is 10.0. The maximum atomic E-state index is 10.7. The molecular formula is C21H30N6O. The number of fused-ring (bicyclic) bond motifs is 1. The molecule has 1 atom stereocenters. The summed E-state index contributed by atoms with van der Waals surface area (Å²) in [5, 5.41) is 22.7. The van der Waals surface area contributed by atoms with Gasteiger partial charge in [-0.2, -0.15) is 5.10 Å². The van der Waals surface area contributed by atoms with Crippen molar-refractivity contribution in [1.82, 2.24) is 25.4 Å². The summed E-state index contributed by atoms with van der Waals surface area (Å²) < 4.78 is 1.68. The van der Waals surface area contributed by atoms with Crippen molar-refractivity contribution in [3.8, 4) is 0 Å². The van der Waals surface area contributed by atoms with Gasteiger partial charge in [-0.25, -0.2) is 4.99 Å². The number of aliphatic imine (C=N–C) groups is 1. The number of para-hydroxylation sites is 1. The zero-order chi connectivity index (χ0) is 20.1. The molecule has 3 rings (SSSR count). The lowest BCUT2D eigenvalue weighted by Gasteiger charge is -2.20. The predicted octanol–water partition coefficient (Wildman–Crippen LogP) is 2.22. The van der Waals surface area contributed by atoms with Crippen molar-refractivity contribution in [2.45, 2.75) is 32.8 Å². The average molecular weight is 383 g/mol. The van der Waals surface area contributed by atoms with Crippen LogP contribution in [0.1, 0.15) is 30.5 Å². The molecule has 0 aliphatic heterocycles. The number of hydrogen-bond acceptors (Lipinski definition) is 3. The quantitative estimate of drug-likeness (QED) is 0.373. The van der Waals surface area contributed by atoms with E-state index in [-0.39, 0.29) is 6.54 Å². The van der Waals surface area contributed by atoms with Crippen molar-refractivity contribution in [3.05, 3.63) is 53.5 Å². The van der Waals surface area contributed by atoms with Crippen molar-refractivity contribution >= 4 is 16.9 Å². The topological polar surface area (TPSA) is 90.3 Å². The number of aliphatic hydroxyl groups is 1. The Hall–Kier alpha value is -2.80. The Labute approximate surface area is 165 Å². The summed E-state index contributed by atoms with van der Waals surface area (Å²) in [6.07, 6.45) is 6.45. The molecule has 1 unspecified atom stereocenters. The molecule has 0 aliphatic carbocycles. The van der Waals surface area contributed by atoms with E-state index < -0.39 is 5.60 Å². The smallest absolute Gasteiger partial charge is 0.191 e. The predicted molar refractivity (Wildman–Crippen MR) is 113 cm³/mol. The minimum Gasteiger partial charge on any atom is -0.383 e. The van der Waals surface area contributed by atoms with Crippen LogP contribution in [-0.4, -0.2) is 45.5 Å². The number of H-pyrrole nitrogens is 1. The molecule has 2 heterocycles. The Morgan fingerprint density at radius 1 is 1.36 bits per heavy atom. The second kappa shape index (κ2) is 8.48. The van der Waals surface area contributed by atoms with Crippen LogP contribution in [0.5, 0.6) is 0 Å². The van der Waals surface area contributed by atoms with Crippen LogP contribution in [0.4, 0.5) is 0 Å². The Bertz CT molecular complexity index is 953. The number of nitrogens with zero attached hydrogens (tertiary/aromatic N) is 3. The fraction of sp³-hybridized carbons (Fsp3) is 0.429. The maximum absolute atomic E-state index is 10.7. The Morgan fingerprint density at radius 2 is 2.18 bits per heavy atom. The van der Waals surface area contributed by atoms with Crippen molar-refractivity contribution in [1.29, 1.82) is 0 Å². The number of nitrogens with one attached hydrogen (secondary N) is 3. The molecule has 28 heavy (non-hydrogen) atoms. The summed E-state index contributed by atoms with van der Waals surface area (Å²) in [7, 11) is 1.83. The summed E-state index contributed by atoms with van der Waals surface area (Å²) in [5.74, 6) is 0.697. The van der Waals surface area contributed by atoms with Gasteiger partial charge in [-0.3, -0.25) is 4.68 Å². The summed E-state index contributed by atoms with van der Waals surface area (Å²) in [4.78, 5) is 7.94. The van der Waals surface area contributed by atoms with Crippen LogP contribution in [0.15, 0.2) is 41.8 Å². The number of aromatic nitrogens is 3. The van der Waals surface area contributed by atoms with E-state index in [4.69, 9.17) is 0 Å². The highest BCUT2D eigenvalue weighted by atomic mass is 16.3. The van der Waals surface area contributed by atoms with Crippen LogP contribution >= 0.6 is 0 Å². The van der Waals surface area contributed by atoms with Gasteiger partial charge in [0, 0.05) is 49.0 Å². The number of aryl methyl sites for hydroxylation is 2. The third-order valence-electron chi connectivity index (χ3n) is 4.91. The number of benzene rings is 1. The van der Waals surface area contributed by atoms with Crippen molar-refractivity contribution in [2.75, 3.05) is 19.6 Å². The fourth-order valence-corrected chi connectivity index (χ4v) is 3.25. The van der Waals surface area contributed by atoms with Crippen LogP contribution in [0.3, 0.4) is 0 Å². The van der Waals surface area contributed by atoms with Gasteiger partial charge in [-0.15, -0.1) is 0 Å². The number of hydrogen-bond donors (Lipinski definition) is 4. The van der Waals surface area contributed by atoms with Gasteiger partial charge in [0.05, 0.1) is 12.7 Å². The van der Waals surface area contributed by atoms with Crippen molar-refractivity contribution in [3.63, 3.8) is 0 Å². The summed E-state index contributed by atoms with van der Waals surface area (Å²) >= 11 is 0. The van der Waals surface area contributed by atoms with Gasteiger partial charge in [0.1, 0.15) is 5.60 Å². The maximum Gasteiger partial charge on any atom is 0.191 e. The SMILES string of the molecule is CCNC(=NCC(C)(O)c1cnn(C)c1)NCCc1c[nH]c2c(C)cccc12. The van der Waals surface area contributed by atoms with E-state index in [0.717, 1.165) is 25.1 Å². The van der Waals surface area contributed by atoms with E-state index in [1.807, 2.05) is 20.2 Å². The molecule has 150 valence electrons. The first-order chi connectivity index (χ1) is 13.4. The zero-order valence-corrected chi connectivity index (χ0v) is 17.1. The molecule has 7 heteroatoms. The van der Waals surface area contributed by atoms with Crippen LogP contribution in [0.25, 0.3) is 10.9 Å². The molecule has 0 saturated heterocycles. The fourth-order valence-electron chi connectivity index (χ4n) is 3.25. The summed E-state index contributed by atoms with van der Waals surface area (Å²) in [6, 6.07) is 6.36. The number of aromatic amines is 1. The molecule has 0 fully saturated rings. The lowest BCUT2D eigenvalue weighted by Crippen LogP contribution is -2.39. The highest BCUT2D eigenvalue weighted by Crippen LogP contribution is 2.21. The Morgan fingerprint density at radius 3 is 2.89 bits per heavy atom. The van der Waals surface area contributed by atoms with E-state index in [2.05, 4.69) is 57.0 Å². The normalized spacial score (nSPS) is 14.2. The number of rotatable bonds is 7. The first-order valence-electron chi connectivity index (χ1n) is 9.70. The third-order valence-corrected chi connectivity index (χ3v) is 4.91.